The van der Waals surface area contributed by atoms with Gasteiger partial charge < -0.3 is 9.88 Å². The number of hydrogen-bond acceptors (Lipinski definition) is 4. The zero-order valence-corrected chi connectivity index (χ0v) is 12.0. The molecule has 0 radical (unpaired) electrons. The zero-order chi connectivity index (χ0) is 14.0. The number of hydrogen-bond donors (Lipinski definition) is 1. The summed E-state index contributed by atoms with van der Waals surface area (Å²) in [6.45, 7) is 0.443. The molecular formula is C12H19N3O3S. The van der Waals surface area contributed by atoms with Crippen LogP contribution in [0.3, 0.4) is 0 Å². The minimum absolute atomic E-state index is 0.255. The molecule has 1 aromatic rings. The monoisotopic (exact) mass is 285 g/mol. The summed E-state index contributed by atoms with van der Waals surface area (Å²) in [5, 5.41) is 3.31. The van der Waals surface area contributed by atoms with Gasteiger partial charge in [-0.2, -0.15) is 0 Å². The third-order valence-electron chi connectivity index (χ3n) is 3.49. The van der Waals surface area contributed by atoms with Crippen LogP contribution >= 0.6 is 0 Å². The Morgan fingerprint density at radius 2 is 1.95 bits per heavy atom. The number of nitrogens with zero attached hydrogens (tertiary/aromatic N) is 2. The molecular weight excluding hydrogens is 266 g/mol. The van der Waals surface area contributed by atoms with Crippen molar-refractivity contribution in [3.05, 3.63) is 32.6 Å². The SMILES string of the molecule is Cn1cc(CNC2CCS(=O)CC2)c(=O)n(C)c1=O. The normalized spacial score (nSPS) is 23.5. The minimum atomic E-state index is -0.675. The lowest BCUT2D eigenvalue weighted by atomic mass is 10.1. The highest BCUT2D eigenvalue weighted by Crippen LogP contribution is 2.09. The standard InChI is InChI=1S/C12H19N3O3S/c1-14-8-9(11(16)15(2)12(14)17)7-13-10-3-5-19(18)6-4-10/h8,10,13H,3-7H2,1-2H3. The molecule has 0 atom stereocenters. The smallest absolute Gasteiger partial charge is 0.310 e. The average Bonchev–Trinajstić information content (AvgIpc) is 2.41. The van der Waals surface area contributed by atoms with Gasteiger partial charge in [-0.25, -0.2) is 4.79 Å². The van der Waals surface area contributed by atoms with Crippen LogP contribution in [0.25, 0.3) is 0 Å². The third kappa shape index (κ3) is 3.22. The Morgan fingerprint density at radius 1 is 1.32 bits per heavy atom. The van der Waals surface area contributed by atoms with Crippen LogP contribution < -0.4 is 16.6 Å². The van der Waals surface area contributed by atoms with Crippen molar-refractivity contribution < 1.29 is 4.21 Å². The van der Waals surface area contributed by atoms with Gasteiger partial charge in [-0.3, -0.25) is 13.6 Å². The van der Waals surface area contributed by atoms with Crippen LogP contribution in [0.5, 0.6) is 0 Å². The van der Waals surface area contributed by atoms with Crippen LogP contribution in [0.2, 0.25) is 0 Å². The molecule has 0 unspecified atom stereocenters. The predicted molar refractivity (Wildman–Crippen MR) is 74.7 cm³/mol. The van der Waals surface area contributed by atoms with Gasteiger partial charge in [0.25, 0.3) is 5.56 Å². The van der Waals surface area contributed by atoms with Gasteiger partial charge in [0, 0.05) is 60.7 Å². The maximum Gasteiger partial charge on any atom is 0.330 e. The number of aromatic nitrogens is 2. The van der Waals surface area contributed by atoms with Crippen molar-refractivity contribution in [3.63, 3.8) is 0 Å². The van der Waals surface area contributed by atoms with Crippen molar-refractivity contribution in [1.29, 1.82) is 0 Å². The summed E-state index contributed by atoms with van der Waals surface area (Å²) in [7, 11) is 2.44. The summed E-state index contributed by atoms with van der Waals surface area (Å²) in [5.41, 5.74) is 0.00750. The lowest BCUT2D eigenvalue weighted by Crippen LogP contribution is -2.41. The summed E-state index contributed by atoms with van der Waals surface area (Å²) in [4.78, 5) is 23.5. The van der Waals surface area contributed by atoms with Gasteiger partial charge in [-0.05, 0) is 12.8 Å². The van der Waals surface area contributed by atoms with Gasteiger partial charge in [0.2, 0.25) is 0 Å². The van der Waals surface area contributed by atoms with Crippen molar-refractivity contribution in [2.45, 2.75) is 25.4 Å². The number of aryl methyl sites for hydroxylation is 1. The molecule has 1 aliphatic rings. The molecule has 0 amide bonds. The van der Waals surface area contributed by atoms with E-state index in [1.807, 2.05) is 0 Å². The summed E-state index contributed by atoms with van der Waals surface area (Å²) in [6, 6.07) is 0.305. The van der Waals surface area contributed by atoms with Gasteiger partial charge in [-0.1, -0.05) is 0 Å². The molecule has 19 heavy (non-hydrogen) atoms. The minimum Gasteiger partial charge on any atom is -0.310 e. The first-order valence-corrected chi connectivity index (χ1v) is 7.81. The zero-order valence-electron chi connectivity index (χ0n) is 11.2. The summed E-state index contributed by atoms with van der Waals surface area (Å²) in [5.74, 6) is 1.45. The van der Waals surface area contributed by atoms with Crippen LogP contribution in [0.1, 0.15) is 18.4 Å². The second-order valence-electron chi connectivity index (χ2n) is 4.92. The van der Waals surface area contributed by atoms with E-state index in [0.29, 0.717) is 18.2 Å². The van der Waals surface area contributed by atoms with Gasteiger partial charge in [-0.15, -0.1) is 0 Å². The molecule has 0 spiro atoms. The molecule has 6 nitrogen and oxygen atoms in total. The lowest BCUT2D eigenvalue weighted by molar-refractivity contribution is 0.470. The second kappa shape index (κ2) is 5.83. The first kappa shape index (κ1) is 14.2. The quantitative estimate of drug-likeness (QED) is 0.780. The van der Waals surface area contributed by atoms with E-state index in [4.69, 9.17) is 0 Å². The van der Waals surface area contributed by atoms with E-state index in [2.05, 4.69) is 5.32 Å². The fourth-order valence-electron chi connectivity index (χ4n) is 2.26. The van der Waals surface area contributed by atoms with Crippen molar-refractivity contribution in [3.8, 4) is 0 Å². The van der Waals surface area contributed by atoms with Gasteiger partial charge >= 0.3 is 5.69 Å². The molecule has 1 aliphatic heterocycles. The molecule has 2 rings (SSSR count). The number of rotatable bonds is 3. The molecule has 1 N–H and O–H groups in total. The molecule has 0 aliphatic carbocycles. The molecule has 1 saturated heterocycles. The highest BCUT2D eigenvalue weighted by atomic mass is 32.2. The van der Waals surface area contributed by atoms with Crippen molar-refractivity contribution in [2.24, 2.45) is 14.1 Å². The van der Waals surface area contributed by atoms with Gasteiger partial charge in [0.15, 0.2) is 0 Å². The highest BCUT2D eigenvalue weighted by Gasteiger charge is 2.17. The van der Waals surface area contributed by atoms with Crippen molar-refractivity contribution in [1.82, 2.24) is 14.5 Å². The van der Waals surface area contributed by atoms with Crippen LogP contribution in [0, 0.1) is 0 Å². The molecule has 0 aromatic carbocycles. The maximum absolute atomic E-state index is 11.9. The van der Waals surface area contributed by atoms with E-state index in [0.717, 1.165) is 28.9 Å². The molecule has 1 fully saturated rings. The van der Waals surface area contributed by atoms with Gasteiger partial charge in [0.1, 0.15) is 0 Å². The van der Waals surface area contributed by atoms with Crippen LogP contribution in [0.4, 0.5) is 0 Å². The van der Waals surface area contributed by atoms with Crippen LogP contribution in [-0.2, 0) is 31.4 Å². The van der Waals surface area contributed by atoms with E-state index in [-0.39, 0.29) is 11.2 Å². The van der Waals surface area contributed by atoms with Gasteiger partial charge in [0.05, 0.1) is 0 Å². The molecule has 7 heteroatoms. The van der Waals surface area contributed by atoms with E-state index in [1.165, 1.54) is 11.6 Å². The molecule has 2 heterocycles. The largest absolute Gasteiger partial charge is 0.330 e. The lowest BCUT2D eigenvalue weighted by Gasteiger charge is -2.22. The summed E-state index contributed by atoms with van der Waals surface area (Å²) < 4.78 is 13.8. The Balaban J connectivity index is 2.06. The first-order chi connectivity index (χ1) is 8.99. The van der Waals surface area contributed by atoms with E-state index >= 15 is 0 Å². The van der Waals surface area contributed by atoms with Crippen molar-refractivity contribution in [2.75, 3.05) is 11.5 Å². The van der Waals surface area contributed by atoms with Crippen molar-refractivity contribution >= 4 is 10.8 Å². The fourth-order valence-corrected chi connectivity index (χ4v) is 3.56. The Labute approximate surface area is 113 Å². The Hall–Kier alpha value is -1.21. The molecule has 0 saturated carbocycles. The predicted octanol–water partition coefficient (Wildman–Crippen LogP) is -0.915. The topological polar surface area (TPSA) is 73.1 Å². The van der Waals surface area contributed by atoms with E-state index in [9.17, 15) is 13.8 Å². The van der Waals surface area contributed by atoms with Crippen LogP contribution in [-0.4, -0.2) is 30.9 Å². The van der Waals surface area contributed by atoms with E-state index < -0.39 is 10.8 Å². The Morgan fingerprint density at radius 3 is 2.58 bits per heavy atom. The fraction of sp³-hybridized carbons (Fsp3) is 0.667. The van der Waals surface area contributed by atoms with Crippen LogP contribution in [0.15, 0.2) is 15.8 Å². The Bertz CT molecular complexity index is 595. The first-order valence-electron chi connectivity index (χ1n) is 6.33. The second-order valence-corrected chi connectivity index (χ2v) is 6.61. The third-order valence-corrected chi connectivity index (χ3v) is 4.87. The summed E-state index contributed by atoms with van der Waals surface area (Å²) >= 11 is 0. The summed E-state index contributed by atoms with van der Waals surface area (Å²) in [6.07, 6.45) is 3.33. The number of nitrogens with one attached hydrogen (secondary N) is 1. The Kier molecular flexibility index (Phi) is 4.36. The molecule has 106 valence electrons. The molecule has 1 aromatic heterocycles. The molecule has 0 bridgehead atoms. The highest BCUT2D eigenvalue weighted by molar-refractivity contribution is 7.85. The maximum atomic E-state index is 11.9. The van der Waals surface area contributed by atoms with E-state index in [1.54, 1.807) is 13.2 Å². The average molecular weight is 285 g/mol.